The third-order valence-electron chi connectivity index (χ3n) is 1.97. The Morgan fingerprint density at radius 3 is 2.77 bits per heavy atom. The Bertz CT molecular complexity index is 283. The molecule has 2 heteroatoms. The van der Waals surface area contributed by atoms with Crippen LogP contribution in [0.5, 0.6) is 0 Å². The molecule has 70 valence electrons. The summed E-state index contributed by atoms with van der Waals surface area (Å²) < 4.78 is 0. The molecule has 0 heterocycles. The molecule has 0 bridgehead atoms. The zero-order valence-corrected chi connectivity index (χ0v) is 7.83. The normalized spacial score (nSPS) is 12.2. The SMILES string of the molecule is C=CC(CO)Nc1ccccc1C. The lowest BCUT2D eigenvalue weighted by molar-refractivity contribution is 0.291. The van der Waals surface area contributed by atoms with E-state index in [1.54, 1.807) is 6.08 Å². The molecule has 0 saturated carbocycles. The van der Waals surface area contributed by atoms with Gasteiger partial charge in [0, 0.05) is 5.69 Å². The lowest BCUT2D eigenvalue weighted by Crippen LogP contribution is -2.21. The first-order valence-electron chi connectivity index (χ1n) is 4.33. The van der Waals surface area contributed by atoms with Crippen LogP contribution in [0.15, 0.2) is 36.9 Å². The fourth-order valence-electron chi connectivity index (χ4n) is 1.11. The first-order chi connectivity index (χ1) is 6.27. The Labute approximate surface area is 78.9 Å². The van der Waals surface area contributed by atoms with E-state index in [1.807, 2.05) is 31.2 Å². The van der Waals surface area contributed by atoms with Gasteiger partial charge >= 0.3 is 0 Å². The van der Waals surface area contributed by atoms with E-state index < -0.39 is 0 Å². The van der Waals surface area contributed by atoms with Crippen LogP contribution < -0.4 is 5.32 Å². The number of aliphatic hydroxyl groups is 1. The summed E-state index contributed by atoms with van der Waals surface area (Å²) in [7, 11) is 0. The van der Waals surface area contributed by atoms with E-state index in [0.29, 0.717) is 0 Å². The molecule has 1 aromatic carbocycles. The first-order valence-corrected chi connectivity index (χ1v) is 4.33. The molecule has 0 aromatic heterocycles. The molecule has 0 aliphatic heterocycles. The standard InChI is InChI=1S/C11H15NO/c1-3-10(8-13)12-11-7-5-4-6-9(11)2/h3-7,10,12-13H,1,8H2,2H3. The lowest BCUT2D eigenvalue weighted by Gasteiger charge is -2.14. The number of hydrogen-bond donors (Lipinski definition) is 2. The lowest BCUT2D eigenvalue weighted by atomic mass is 10.2. The maximum Gasteiger partial charge on any atom is 0.0673 e. The molecule has 1 atom stereocenters. The number of hydrogen-bond acceptors (Lipinski definition) is 2. The second-order valence-corrected chi connectivity index (χ2v) is 2.98. The summed E-state index contributed by atoms with van der Waals surface area (Å²) in [5.74, 6) is 0. The van der Waals surface area contributed by atoms with E-state index in [-0.39, 0.29) is 12.6 Å². The van der Waals surface area contributed by atoms with Gasteiger partial charge in [-0.15, -0.1) is 6.58 Å². The van der Waals surface area contributed by atoms with Crippen molar-refractivity contribution in [3.63, 3.8) is 0 Å². The molecule has 1 unspecified atom stereocenters. The van der Waals surface area contributed by atoms with Crippen LogP contribution in [-0.2, 0) is 0 Å². The summed E-state index contributed by atoms with van der Waals surface area (Å²) in [6.07, 6.45) is 1.70. The second-order valence-electron chi connectivity index (χ2n) is 2.98. The van der Waals surface area contributed by atoms with Crippen LogP contribution in [0.25, 0.3) is 0 Å². The molecular formula is C11H15NO. The number of aryl methyl sites for hydroxylation is 1. The number of benzene rings is 1. The largest absolute Gasteiger partial charge is 0.394 e. The highest BCUT2D eigenvalue weighted by atomic mass is 16.3. The average Bonchev–Trinajstić information content (AvgIpc) is 2.17. The average molecular weight is 177 g/mol. The van der Waals surface area contributed by atoms with Gasteiger partial charge in [0.05, 0.1) is 12.6 Å². The minimum absolute atomic E-state index is 0.0673. The maximum atomic E-state index is 8.94. The molecular weight excluding hydrogens is 162 g/mol. The molecule has 0 amide bonds. The summed E-state index contributed by atoms with van der Waals surface area (Å²) in [6.45, 7) is 5.73. The van der Waals surface area contributed by atoms with Crippen molar-refractivity contribution in [3.8, 4) is 0 Å². The molecule has 2 nitrogen and oxygen atoms in total. The zero-order valence-electron chi connectivity index (χ0n) is 7.83. The van der Waals surface area contributed by atoms with Crippen molar-refractivity contribution in [3.05, 3.63) is 42.5 Å². The number of rotatable bonds is 4. The fraction of sp³-hybridized carbons (Fsp3) is 0.273. The van der Waals surface area contributed by atoms with Crippen molar-refractivity contribution in [2.75, 3.05) is 11.9 Å². The summed E-state index contributed by atoms with van der Waals surface area (Å²) in [6, 6.07) is 7.90. The van der Waals surface area contributed by atoms with Crippen molar-refractivity contribution in [1.29, 1.82) is 0 Å². The molecule has 0 fully saturated rings. The molecule has 2 N–H and O–H groups in total. The quantitative estimate of drug-likeness (QED) is 0.689. The molecule has 0 aliphatic rings. The van der Waals surface area contributed by atoms with E-state index in [4.69, 9.17) is 5.11 Å². The van der Waals surface area contributed by atoms with E-state index in [1.165, 1.54) is 5.56 Å². The minimum Gasteiger partial charge on any atom is -0.394 e. The van der Waals surface area contributed by atoms with Gasteiger partial charge in [0.25, 0.3) is 0 Å². The maximum absolute atomic E-state index is 8.94. The number of aliphatic hydroxyl groups excluding tert-OH is 1. The monoisotopic (exact) mass is 177 g/mol. The molecule has 0 spiro atoms. The number of anilines is 1. The van der Waals surface area contributed by atoms with E-state index in [0.717, 1.165) is 5.69 Å². The summed E-state index contributed by atoms with van der Waals surface area (Å²) in [4.78, 5) is 0. The summed E-state index contributed by atoms with van der Waals surface area (Å²) in [5.41, 5.74) is 2.21. The zero-order chi connectivity index (χ0) is 9.68. The van der Waals surface area contributed by atoms with Crippen LogP contribution >= 0.6 is 0 Å². The van der Waals surface area contributed by atoms with E-state index >= 15 is 0 Å². The molecule has 1 rings (SSSR count). The van der Waals surface area contributed by atoms with Gasteiger partial charge in [-0.3, -0.25) is 0 Å². The number of para-hydroxylation sites is 1. The van der Waals surface area contributed by atoms with Gasteiger partial charge in [0.1, 0.15) is 0 Å². The summed E-state index contributed by atoms with van der Waals surface area (Å²) >= 11 is 0. The minimum atomic E-state index is -0.0684. The van der Waals surface area contributed by atoms with Gasteiger partial charge in [-0.05, 0) is 18.6 Å². The van der Waals surface area contributed by atoms with Crippen molar-refractivity contribution in [1.82, 2.24) is 0 Å². The van der Waals surface area contributed by atoms with Gasteiger partial charge in [-0.25, -0.2) is 0 Å². The molecule has 0 aliphatic carbocycles. The Kier molecular flexibility index (Phi) is 3.53. The van der Waals surface area contributed by atoms with Crippen LogP contribution in [0.4, 0.5) is 5.69 Å². The van der Waals surface area contributed by atoms with Gasteiger partial charge < -0.3 is 10.4 Å². The Balaban J connectivity index is 2.73. The van der Waals surface area contributed by atoms with Gasteiger partial charge in [-0.1, -0.05) is 24.3 Å². The summed E-state index contributed by atoms with van der Waals surface area (Å²) in [5, 5.41) is 12.1. The second kappa shape index (κ2) is 4.67. The van der Waals surface area contributed by atoms with Gasteiger partial charge in [0.2, 0.25) is 0 Å². The third kappa shape index (κ3) is 2.60. The molecule has 0 saturated heterocycles. The predicted molar refractivity (Wildman–Crippen MR) is 55.9 cm³/mol. The number of nitrogens with one attached hydrogen (secondary N) is 1. The Hall–Kier alpha value is -1.28. The van der Waals surface area contributed by atoms with E-state index in [9.17, 15) is 0 Å². The van der Waals surface area contributed by atoms with Gasteiger partial charge in [-0.2, -0.15) is 0 Å². The smallest absolute Gasteiger partial charge is 0.0673 e. The van der Waals surface area contributed by atoms with Crippen LogP contribution in [0.2, 0.25) is 0 Å². The highest BCUT2D eigenvalue weighted by molar-refractivity contribution is 5.51. The Morgan fingerprint density at radius 2 is 2.23 bits per heavy atom. The van der Waals surface area contributed by atoms with Crippen molar-refractivity contribution >= 4 is 5.69 Å². The van der Waals surface area contributed by atoms with Crippen molar-refractivity contribution < 1.29 is 5.11 Å². The third-order valence-corrected chi connectivity index (χ3v) is 1.97. The van der Waals surface area contributed by atoms with Crippen LogP contribution in [-0.4, -0.2) is 17.8 Å². The highest BCUT2D eigenvalue weighted by Crippen LogP contribution is 2.14. The van der Waals surface area contributed by atoms with E-state index in [2.05, 4.69) is 11.9 Å². The highest BCUT2D eigenvalue weighted by Gasteiger charge is 2.02. The van der Waals surface area contributed by atoms with Crippen LogP contribution in [0.3, 0.4) is 0 Å². The topological polar surface area (TPSA) is 32.3 Å². The molecule has 13 heavy (non-hydrogen) atoms. The Morgan fingerprint density at radius 1 is 1.54 bits per heavy atom. The molecule has 0 radical (unpaired) electrons. The van der Waals surface area contributed by atoms with Crippen LogP contribution in [0.1, 0.15) is 5.56 Å². The molecule has 1 aromatic rings. The first kappa shape index (κ1) is 9.81. The fourth-order valence-corrected chi connectivity index (χ4v) is 1.11. The van der Waals surface area contributed by atoms with Crippen LogP contribution in [0, 0.1) is 6.92 Å². The van der Waals surface area contributed by atoms with Crippen molar-refractivity contribution in [2.24, 2.45) is 0 Å². The van der Waals surface area contributed by atoms with Crippen molar-refractivity contribution in [2.45, 2.75) is 13.0 Å². The van der Waals surface area contributed by atoms with Gasteiger partial charge in [0.15, 0.2) is 0 Å². The predicted octanol–water partition coefficient (Wildman–Crippen LogP) is 1.95.